The molecule has 0 N–H and O–H groups in total. The molecule has 0 unspecified atom stereocenters. The van der Waals surface area contributed by atoms with Crippen molar-refractivity contribution in [1.29, 1.82) is 0 Å². The van der Waals surface area contributed by atoms with Crippen molar-refractivity contribution in [2.24, 2.45) is 0 Å². The zero-order chi connectivity index (χ0) is 14.8. The first-order valence-corrected chi connectivity index (χ1v) is 6.58. The Bertz CT molecular complexity index is 786. The van der Waals surface area contributed by atoms with Crippen molar-refractivity contribution in [2.75, 3.05) is 0 Å². The lowest BCUT2D eigenvalue weighted by molar-refractivity contribution is 0.506. The Balaban J connectivity index is 1.94. The molecule has 0 aliphatic heterocycles. The second-order valence-corrected chi connectivity index (χ2v) is 4.88. The van der Waals surface area contributed by atoms with Gasteiger partial charge in [-0.15, -0.1) is 0 Å². The number of halogens is 3. The summed E-state index contributed by atoms with van der Waals surface area (Å²) in [5.74, 6) is -1.03. The third-order valence-corrected chi connectivity index (χ3v) is 3.24. The minimum absolute atomic E-state index is 0.370. The van der Waals surface area contributed by atoms with Crippen molar-refractivity contribution in [2.45, 2.75) is 6.54 Å². The molecule has 0 saturated carbocycles. The first-order valence-electron chi connectivity index (χ1n) is 6.20. The van der Waals surface area contributed by atoms with Crippen molar-refractivity contribution in [3.05, 3.63) is 71.3 Å². The van der Waals surface area contributed by atoms with Crippen molar-refractivity contribution in [3.63, 3.8) is 0 Å². The summed E-state index contributed by atoms with van der Waals surface area (Å²) in [4.78, 5) is 8.19. The fourth-order valence-corrected chi connectivity index (χ4v) is 2.25. The average molecular weight is 306 g/mol. The van der Waals surface area contributed by atoms with Crippen LogP contribution in [0.15, 0.2) is 48.9 Å². The second-order valence-electron chi connectivity index (χ2n) is 4.49. The third-order valence-electron chi connectivity index (χ3n) is 3.04. The predicted molar refractivity (Wildman–Crippen MR) is 75.9 cm³/mol. The summed E-state index contributed by atoms with van der Waals surface area (Å²) in [5, 5.41) is 0.370. The number of hydrogen-bond donors (Lipinski definition) is 0. The smallest absolute Gasteiger partial charge is 0.159 e. The normalized spacial score (nSPS) is 10.8. The van der Waals surface area contributed by atoms with Crippen LogP contribution in [0.3, 0.4) is 0 Å². The van der Waals surface area contributed by atoms with Crippen LogP contribution in [0.1, 0.15) is 5.56 Å². The minimum atomic E-state index is -0.860. The van der Waals surface area contributed by atoms with Crippen molar-refractivity contribution >= 4 is 11.6 Å². The van der Waals surface area contributed by atoms with Gasteiger partial charge in [-0.05, 0) is 29.8 Å². The molecule has 0 aliphatic carbocycles. The fraction of sp³-hybridized carbons (Fsp3) is 0.0667. The molecule has 3 nitrogen and oxygen atoms in total. The molecule has 0 radical (unpaired) electrons. The van der Waals surface area contributed by atoms with E-state index in [-0.39, 0.29) is 0 Å². The van der Waals surface area contributed by atoms with Crippen molar-refractivity contribution < 1.29 is 8.78 Å². The lowest BCUT2D eigenvalue weighted by Gasteiger charge is -2.08. The molecule has 0 spiro atoms. The van der Waals surface area contributed by atoms with Gasteiger partial charge in [0.15, 0.2) is 11.6 Å². The van der Waals surface area contributed by atoms with E-state index < -0.39 is 11.6 Å². The van der Waals surface area contributed by atoms with E-state index in [1.165, 1.54) is 6.07 Å². The standard InChI is InChI=1S/C15H10ClF2N3/c16-14-8-11(3-4-19-14)15-20-5-6-21(15)9-10-1-2-12(17)13(18)7-10/h1-8H,9H2. The Kier molecular flexibility index (Phi) is 3.66. The van der Waals surface area contributed by atoms with Gasteiger partial charge in [0.05, 0.1) is 0 Å². The van der Waals surface area contributed by atoms with Gasteiger partial charge >= 0.3 is 0 Å². The van der Waals surface area contributed by atoms with Crippen LogP contribution < -0.4 is 0 Å². The molecule has 0 atom stereocenters. The zero-order valence-electron chi connectivity index (χ0n) is 10.8. The van der Waals surface area contributed by atoms with E-state index in [1.54, 1.807) is 36.8 Å². The lowest BCUT2D eigenvalue weighted by atomic mass is 10.2. The molecule has 3 rings (SSSR count). The predicted octanol–water partition coefficient (Wildman–Crippen LogP) is 3.93. The van der Waals surface area contributed by atoms with Gasteiger partial charge in [0.1, 0.15) is 11.0 Å². The Hall–Kier alpha value is -2.27. The van der Waals surface area contributed by atoms with Crippen LogP contribution in [0.25, 0.3) is 11.4 Å². The maximum atomic E-state index is 13.3. The number of aromatic nitrogens is 3. The van der Waals surface area contributed by atoms with Crippen LogP contribution in [0, 0.1) is 11.6 Å². The number of rotatable bonds is 3. The second kappa shape index (κ2) is 5.61. The van der Waals surface area contributed by atoms with Gasteiger partial charge < -0.3 is 4.57 Å². The lowest BCUT2D eigenvalue weighted by Crippen LogP contribution is -2.02. The first kappa shape index (κ1) is 13.7. The van der Waals surface area contributed by atoms with Crippen LogP contribution in [-0.4, -0.2) is 14.5 Å². The quantitative estimate of drug-likeness (QED) is 0.687. The minimum Gasteiger partial charge on any atom is -0.327 e. The van der Waals surface area contributed by atoms with Crippen molar-refractivity contribution in [1.82, 2.24) is 14.5 Å². The number of pyridine rings is 1. The molecule has 0 aliphatic rings. The highest BCUT2D eigenvalue weighted by Crippen LogP contribution is 2.21. The molecule has 0 fully saturated rings. The van der Waals surface area contributed by atoms with Gasteiger partial charge in [-0.3, -0.25) is 0 Å². The number of nitrogens with zero attached hydrogens (tertiary/aromatic N) is 3. The number of hydrogen-bond acceptors (Lipinski definition) is 2. The Morgan fingerprint density at radius 2 is 1.86 bits per heavy atom. The molecule has 3 aromatic rings. The summed E-state index contributed by atoms with van der Waals surface area (Å²) >= 11 is 5.87. The topological polar surface area (TPSA) is 30.7 Å². The molecule has 106 valence electrons. The average Bonchev–Trinajstić information content (AvgIpc) is 2.91. The van der Waals surface area contributed by atoms with Gasteiger partial charge in [-0.1, -0.05) is 17.7 Å². The van der Waals surface area contributed by atoms with E-state index >= 15 is 0 Å². The molecular formula is C15H10ClF2N3. The highest BCUT2D eigenvalue weighted by atomic mass is 35.5. The van der Waals surface area contributed by atoms with Gasteiger partial charge in [-0.25, -0.2) is 18.7 Å². The molecule has 21 heavy (non-hydrogen) atoms. The van der Waals surface area contributed by atoms with Crippen LogP contribution in [0.4, 0.5) is 8.78 Å². The van der Waals surface area contributed by atoms with Crippen LogP contribution in [0.2, 0.25) is 5.15 Å². The Labute approximate surface area is 124 Å². The monoisotopic (exact) mass is 305 g/mol. The van der Waals surface area contributed by atoms with Crippen LogP contribution in [0.5, 0.6) is 0 Å². The number of benzene rings is 1. The SMILES string of the molecule is Fc1ccc(Cn2ccnc2-c2ccnc(Cl)c2)cc1F. The molecule has 0 saturated heterocycles. The molecule has 6 heteroatoms. The Morgan fingerprint density at radius 1 is 1.00 bits per heavy atom. The maximum absolute atomic E-state index is 13.3. The summed E-state index contributed by atoms with van der Waals surface area (Å²) in [6.07, 6.45) is 5.00. The zero-order valence-corrected chi connectivity index (χ0v) is 11.6. The summed E-state index contributed by atoms with van der Waals surface area (Å²) in [6.45, 7) is 0.381. The number of imidazole rings is 1. The van der Waals surface area contributed by atoms with E-state index in [9.17, 15) is 8.78 Å². The van der Waals surface area contributed by atoms with Gasteiger partial charge in [0.25, 0.3) is 0 Å². The Morgan fingerprint density at radius 3 is 2.62 bits per heavy atom. The fourth-order valence-electron chi connectivity index (χ4n) is 2.07. The van der Waals surface area contributed by atoms with Gasteiger partial charge in [-0.2, -0.15) is 0 Å². The van der Waals surface area contributed by atoms with Crippen LogP contribution >= 0.6 is 11.6 Å². The molecule has 2 aromatic heterocycles. The highest BCUT2D eigenvalue weighted by Gasteiger charge is 2.09. The van der Waals surface area contributed by atoms with Crippen molar-refractivity contribution in [3.8, 4) is 11.4 Å². The molecule has 0 amide bonds. The molecule has 2 heterocycles. The van der Waals surface area contributed by atoms with E-state index in [0.29, 0.717) is 23.1 Å². The summed E-state index contributed by atoms with van der Waals surface area (Å²) < 4.78 is 28.0. The molecule has 0 bridgehead atoms. The van der Waals surface area contributed by atoms with E-state index in [4.69, 9.17) is 11.6 Å². The molecule has 1 aromatic carbocycles. The summed E-state index contributed by atoms with van der Waals surface area (Å²) in [6, 6.07) is 7.33. The summed E-state index contributed by atoms with van der Waals surface area (Å²) in [7, 11) is 0. The molecular weight excluding hydrogens is 296 g/mol. The first-order chi connectivity index (χ1) is 10.1. The maximum Gasteiger partial charge on any atom is 0.159 e. The third kappa shape index (κ3) is 2.92. The van der Waals surface area contributed by atoms with E-state index in [1.807, 2.05) is 4.57 Å². The van der Waals surface area contributed by atoms with E-state index in [2.05, 4.69) is 9.97 Å². The highest BCUT2D eigenvalue weighted by molar-refractivity contribution is 6.29. The van der Waals surface area contributed by atoms with Crippen LogP contribution in [-0.2, 0) is 6.54 Å². The summed E-state index contributed by atoms with van der Waals surface area (Å²) in [5.41, 5.74) is 1.45. The largest absolute Gasteiger partial charge is 0.327 e. The van der Waals surface area contributed by atoms with Gasteiger partial charge in [0.2, 0.25) is 0 Å². The van der Waals surface area contributed by atoms with Gasteiger partial charge in [0, 0.05) is 30.7 Å². The van der Waals surface area contributed by atoms with E-state index in [0.717, 1.165) is 11.6 Å².